The van der Waals surface area contributed by atoms with Gasteiger partial charge in [-0.1, -0.05) is 27.2 Å². The SMILES string of the molecule is CCNC(C)(CCN1CCC(C)(CC)CC1)C(=O)OCC. The fourth-order valence-electron chi connectivity index (χ4n) is 2.99. The van der Waals surface area contributed by atoms with E-state index < -0.39 is 5.54 Å². The zero-order chi connectivity index (χ0) is 15.9. The van der Waals surface area contributed by atoms with Crippen molar-refractivity contribution >= 4 is 5.97 Å². The van der Waals surface area contributed by atoms with Crippen LogP contribution in [-0.4, -0.2) is 49.2 Å². The first-order chi connectivity index (χ1) is 9.89. The molecule has 0 amide bonds. The van der Waals surface area contributed by atoms with Crippen molar-refractivity contribution in [2.24, 2.45) is 5.41 Å². The van der Waals surface area contributed by atoms with Crippen LogP contribution in [0.1, 0.15) is 60.3 Å². The van der Waals surface area contributed by atoms with E-state index in [9.17, 15) is 4.79 Å². The lowest BCUT2D eigenvalue weighted by molar-refractivity contribution is -0.151. The van der Waals surface area contributed by atoms with Gasteiger partial charge in [-0.05, 0) is 58.2 Å². The molecule has 4 heteroatoms. The van der Waals surface area contributed by atoms with Gasteiger partial charge in [0.05, 0.1) is 6.61 Å². The van der Waals surface area contributed by atoms with Crippen molar-refractivity contribution < 1.29 is 9.53 Å². The van der Waals surface area contributed by atoms with Gasteiger partial charge in [-0.25, -0.2) is 0 Å². The van der Waals surface area contributed by atoms with Crippen molar-refractivity contribution in [3.63, 3.8) is 0 Å². The Hall–Kier alpha value is -0.610. The van der Waals surface area contributed by atoms with E-state index in [-0.39, 0.29) is 5.97 Å². The quantitative estimate of drug-likeness (QED) is 0.700. The molecule has 0 aromatic rings. The Balaban J connectivity index is 2.49. The number of likely N-dealkylation sites (N-methyl/N-ethyl adjacent to an activating group) is 1. The van der Waals surface area contributed by atoms with Crippen LogP contribution in [-0.2, 0) is 9.53 Å². The standard InChI is InChI=1S/C17H34N2O2/c1-6-16(4)9-12-19(13-10-16)14-11-17(5,18-7-2)15(20)21-8-3/h18H,6-14H2,1-5H3. The van der Waals surface area contributed by atoms with Gasteiger partial charge in [0.2, 0.25) is 0 Å². The number of hydrogen-bond acceptors (Lipinski definition) is 4. The summed E-state index contributed by atoms with van der Waals surface area (Å²) >= 11 is 0. The van der Waals surface area contributed by atoms with E-state index in [0.717, 1.165) is 32.6 Å². The maximum atomic E-state index is 12.2. The highest BCUT2D eigenvalue weighted by molar-refractivity contribution is 5.80. The molecule has 1 heterocycles. The summed E-state index contributed by atoms with van der Waals surface area (Å²) in [5.74, 6) is -0.123. The van der Waals surface area contributed by atoms with Crippen molar-refractivity contribution in [1.82, 2.24) is 10.2 Å². The lowest BCUT2D eigenvalue weighted by Gasteiger charge is -2.40. The number of carbonyl (C=O) groups excluding carboxylic acids is 1. The van der Waals surface area contributed by atoms with Gasteiger partial charge >= 0.3 is 5.97 Å². The maximum absolute atomic E-state index is 12.2. The minimum absolute atomic E-state index is 0.123. The third kappa shape index (κ3) is 5.26. The molecule has 1 N–H and O–H groups in total. The first kappa shape index (κ1) is 18.4. The van der Waals surface area contributed by atoms with Crippen molar-refractivity contribution in [2.45, 2.75) is 65.8 Å². The van der Waals surface area contributed by atoms with Gasteiger partial charge in [-0.3, -0.25) is 4.79 Å². The highest BCUT2D eigenvalue weighted by Gasteiger charge is 2.35. The average Bonchev–Trinajstić information content (AvgIpc) is 2.47. The molecular weight excluding hydrogens is 264 g/mol. The van der Waals surface area contributed by atoms with E-state index in [1.807, 2.05) is 20.8 Å². The largest absolute Gasteiger partial charge is 0.465 e. The van der Waals surface area contributed by atoms with Gasteiger partial charge in [0.25, 0.3) is 0 Å². The fraction of sp³-hybridized carbons (Fsp3) is 0.941. The van der Waals surface area contributed by atoms with Gasteiger partial charge in [0.15, 0.2) is 0 Å². The summed E-state index contributed by atoms with van der Waals surface area (Å²) in [7, 11) is 0. The zero-order valence-corrected chi connectivity index (χ0v) is 14.6. The zero-order valence-electron chi connectivity index (χ0n) is 14.6. The van der Waals surface area contributed by atoms with Crippen LogP contribution in [0.2, 0.25) is 0 Å². The Bertz CT molecular complexity index is 325. The second kappa shape index (κ2) is 8.14. The number of nitrogens with one attached hydrogen (secondary N) is 1. The molecule has 1 fully saturated rings. The van der Waals surface area contributed by atoms with Gasteiger partial charge < -0.3 is 15.0 Å². The van der Waals surface area contributed by atoms with Crippen molar-refractivity contribution in [3.05, 3.63) is 0 Å². The van der Waals surface area contributed by atoms with Crippen molar-refractivity contribution in [2.75, 3.05) is 32.8 Å². The molecule has 4 nitrogen and oxygen atoms in total. The number of rotatable bonds is 8. The van der Waals surface area contributed by atoms with Crippen LogP contribution in [0, 0.1) is 5.41 Å². The van der Waals surface area contributed by atoms with E-state index in [0.29, 0.717) is 12.0 Å². The number of hydrogen-bond donors (Lipinski definition) is 1. The Morgan fingerprint density at radius 3 is 2.38 bits per heavy atom. The van der Waals surface area contributed by atoms with Crippen LogP contribution < -0.4 is 5.32 Å². The Morgan fingerprint density at radius 2 is 1.90 bits per heavy atom. The minimum Gasteiger partial charge on any atom is -0.465 e. The molecule has 0 spiro atoms. The molecule has 0 aromatic carbocycles. The maximum Gasteiger partial charge on any atom is 0.326 e. The molecule has 1 unspecified atom stereocenters. The van der Waals surface area contributed by atoms with Gasteiger partial charge in [-0.15, -0.1) is 0 Å². The molecule has 124 valence electrons. The molecule has 0 aromatic heterocycles. The predicted octanol–water partition coefficient (Wildman–Crippen LogP) is 2.82. The van der Waals surface area contributed by atoms with E-state index in [1.165, 1.54) is 19.3 Å². The Morgan fingerprint density at radius 1 is 1.29 bits per heavy atom. The number of likely N-dealkylation sites (tertiary alicyclic amines) is 1. The highest BCUT2D eigenvalue weighted by Crippen LogP contribution is 2.34. The molecule has 1 saturated heterocycles. The smallest absolute Gasteiger partial charge is 0.326 e. The van der Waals surface area contributed by atoms with Crippen LogP contribution in [0.25, 0.3) is 0 Å². The van der Waals surface area contributed by atoms with Crippen LogP contribution in [0.15, 0.2) is 0 Å². The van der Waals surface area contributed by atoms with E-state index in [1.54, 1.807) is 0 Å². The van der Waals surface area contributed by atoms with E-state index >= 15 is 0 Å². The van der Waals surface area contributed by atoms with Crippen molar-refractivity contribution in [3.8, 4) is 0 Å². The van der Waals surface area contributed by atoms with Gasteiger partial charge in [-0.2, -0.15) is 0 Å². The second-order valence-corrected chi connectivity index (χ2v) is 6.84. The molecule has 1 aliphatic heterocycles. The molecule has 1 aliphatic rings. The number of carbonyl (C=O) groups is 1. The molecule has 21 heavy (non-hydrogen) atoms. The summed E-state index contributed by atoms with van der Waals surface area (Å²) in [6.45, 7) is 15.0. The molecule has 1 atom stereocenters. The normalized spacial score (nSPS) is 21.8. The third-order valence-corrected chi connectivity index (χ3v) is 5.14. The van der Waals surface area contributed by atoms with E-state index in [2.05, 4.69) is 24.1 Å². The summed E-state index contributed by atoms with van der Waals surface area (Å²) in [5.41, 5.74) is -0.0428. The Labute approximate surface area is 130 Å². The summed E-state index contributed by atoms with van der Waals surface area (Å²) in [5, 5.41) is 3.31. The summed E-state index contributed by atoms with van der Waals surface area (Å²) in [6, 6.07) is 0. The first-order valence-electron chi connectivity index (χ1n) is 8.53. The third-order valence-electron chi connectivity index (χ3n) is 5.14. The molecule has 0 bridgehead atoms. The lowest BCUT2D eigenvalue weighted by Crippen LogP contribution is -2.52. The van der Waals surface area contributed by atoms with Gasteiger partial charge in [0.1, 0.15) is 5.54 Å². The molecular formula is C17H34N2O2. The molecule has 1 rings (SSSR count). The predicted molar refractivity (Wildman–Crippen MR) is 87.4 cm³/mol. The van der Waals surface area contributed by atoms with Crippen LogP contribution in [0.4, 0.5) is 0 Å². The fourth-order valence-corrected chi connectivity index (χ4v) is 2.99. The topological polar surface area (TPSA) is 41.6 Å². The first-order valence-corrected chi connectivity index (χ1v) is 8.53. The molecule has 0 saturated carbocycles. The van der Waals surface area contributed by atoms with Crippen LogP contribution in [0.5, 0.6) is 0 Å². The highest BCUT2D eigenvalue weighted by atomic mass is 16.5. The number of ether oxygens (including phenoxy) is 1. The Kier molecular flexibility index (Phi) is 7.14. The minimum atomic E-state index is -0.559. The summed E-state index contributed by atoms with van der Waals surface area (Å²) < 4.78 is 5.23. The van der Waals surface area contributed by atoms with Crippen LogP contribution >= 0.6 is 0 Å². The number of nitrogens with zero attached hydrogens (tertiary/aromatic N) is 1. The van der Waals surface area contributed by atoms with Crippen molar-refractivity contribution in [1.29, 1.82) is 0 Å². The van der Waals surface area contributed by atoms with E-state index in [4.69, 9.17) is 4.74 Å². The number of esters is 1. The molecule has 0 radical (unpaired) electrons. The average molecular weight is 298 g/mol. The summed E-state index contributed by atoms with van der Waals surface area (Å²) in [4.78, 5) is 14.7. The van der Waals surface area contributed by atoms with Gasteiger partial charge in [0, 0.05) is 6.54 Å². The summed E-state index contributed by atoms with van der Waals surface area (Å²) in [6.07, 6.45) is 4.60. The molecule has 0 aliphatic carbocycles. The number of piperidine rings is 1. The van der Waals surface area contributed by atoms with Crippen LogP contribution in [0.3, 0.4) is 0 Å². The monoisotopic (exact) mass is 298 g/mol. The second-order valence-electron chi connectivity index (χ2n) is 6.84. The lowest BCUT2D eigenvalue weighted by atomic mass is 9.78.